The summed E-state index contributed by atoms with van der Waals surface area (Å²) in [5.74, 6) is 0.351. The van der Waals surface area contributed by atoms with E-state index in [9.17, 15) is 9.18 Å². The van der Waals surface area contributed by atoms with Crippen LogP contribution in [0.2, 0.25) is 0 Å². The minimum absolute atomic E-state index is 0.0607. The van der Waals surface area contributed by atoms with Gasteiger partial charge < -0.3 is 19.9 Å². The third-order valence-electron chi connectivity index (χ3n) is 4.97. The maximum Gasteiger partial charge on any atom is 0.243 e. The van der Waals surface area contributed by atoms with Gasteiger partial charge in [-0.2, -0.15) is 0 Å². The fourth-order valence-electron chi connectivity index (χ4n) is 3.34. The summed E-state index contributed by atoms with van der Waals surface area (Å²) in [5, 5.41) is 3.34. The number of fused-ring (bicyclic) bond motifs is 1. The molecule has 1 saturated heterocycles. The Kier molecular flexibility index (Phi) is 6.70. The molecule has 1 aromatic carbocycles. The van der Waals surface area contributed by atoms with E-state index in [1.54, 1.807) is 20.2 Å². The van der Waals surface area contributed by atoms with Crippen LogP contribution in [0.5, 0.6) is 0 Å². The van der Waals surface area contributed by atoms with Crippen LogP contribution in [-0.2, 0) is 22.5 Å². The monoisotopic (exact) mass is 440 g/mol. The summed E-state index contributed by atoms with van der Waals surface area (Å²) in [6, 6.07) is 3.24. The molecule has 0 spiro atoms. The Morgan fingerprint density at radius 1 is 1.44 bits per heavy atom. The zero-order valence-electron chi connectivity index (χ0n) is 15.8. The number of carbonyl (C=O) groups is 1. The summed E-state index contributed by atoms with van der Waals surface area (Å²) in [5.41, 5.74) is 1.69. The maximum atomic E-state index is 14.4. The zero-order chi connectivity index (χ0) is 19.4. The molecule has 2 aliphatic heterocycles. The van der Waals surface area contributed by atoms with Crippen molar-refractivity contribution in [2.45, 2.75) is 31.9 Å². The molecule has 6 nitrogen and oxygen atoms in total. The SMILES string of the molecule is CN(C)C(=O)CN=C(NCC1CCCO1)N1CCc2c(Br)ccc(F)c2C1. The predicted octanol–water partition coefficient (Wildman–Crippen LogP) is 2.16. The van der Waals surface area contributed by atoms with Gasteiger partial charge in [0, 0.05) is 50.4 Å². The Morgan fingerprint density at radius 3 is 2.96 bits per heavy atom. The van der Waals surface area contributed by atoms with Gasteiger partial charge >= 0.3 is 0 Å². The average molecular weight is 441 g/mol. The average Bonchev–Trinajstić information content (AvgIpc) is 3.18. The molecule has 2 heterocycles. The van der Waals surface area contributed by atoms with Crippen molar-refractivity contribution in [1.82, 2.24) is 15.1 Å². The molecule has 1 atom stereocenters. The van der Waals surface area contributed by atoms with Crippen molar-refractivity contribution in [2.75, 3.05) is 40.3 Å². The van der Waals surface area contributed by atoms with Crippen LogP contribution < -0.4 is 5.32 Å². The lowest BCUT2D eigenvalue weighted by Crippen LogP contribution is -2.47. The second-order valence-electron chi connectivity index (χ2n) is 7.10. The number of ether oxygens (including phenoxy) is 1. The lowest BCUT2D eigenvalue weighted by atomic mass is 9.99. The normalized spacial score (nSPS) is 19.8. The number of aliphatic imine (C=N–C) groups is 1. The van der Waals surface area contributed by atoms with Gasteiger partial charge in [0.05, 0.1) is 6.10 Å². The molecule has 148 valence electrons. The van der Waals surface area contributed by atoms with Gasteiger partial charge in [-0.1, -0.05) is 15.9 Å². The lowest BCUT2D eigenvalue weighted by Gasteiger charge is -2.33. The van der Waals surface area contributed by atoms with Crippen molar-refractivity contribution in [3.05, 3.63) is 33.5 Å². The number of hydrogen-bond acceptors (Lipinski definition) is 3. The molecule has 0 bridgehead atoms. The first-order valence-corrected chi connectivity index (χ1v) is 10.1. The number of amides is 1. The third-order valence-corrected chi connectivity index (χ3v) is 5.71. The Morgan fingerprint density at radius 2 is 2.26 bits per heavy atom. The highest BCUT2D eigenvalue weighted by Gasteiger charge is 2.25. The smallest absolute Gasteiger partial charge is 0.243 e. The molecular formula is C19H26BrFN4O2. The topological polar surface area (TPSA) is 57.2 Å². The molecule has 1 unspecified atom stereocenters. The van der Waals surface area contributed by atoms with Crippen LogP contribution in [0.15, 0.2) is 21.6 Å². The van der Waals surface area contributed by atoms with Crippen molar-refractivity contribution in [3.8, 4) is 0 Å². The van der Waals surface area contributed by atoms with E-state index in [4.69, 9.17) is 4.74 Å². The van der Waals surface area contributed by atoms with E-state index >= 15 is 0 Å². The number of benzene rings is 1. The van der Waals surface area contributed by atoms with Crippen LogP contribution in [0.4, 0.5) is 4.39 Å². The molecule has 1 aromatic rings. The quantitative estimate of drug-likeness (QED) is 0.575. The zero-order valence-corrected chi connectivity index (χ0v) is 17.4. The van der Waals surface area contributed by atoms with Crippen LogP contribution in [0.3, 0.4) is 0 Å². The standard InChI is InChI=1S/C19H26BrFN4O2/c1-24(2)18(26)11-23-19(22-10-13-4-3-9-27-13)25-8-7-14-15(12-25)17(21)6-5-16(14)20/h5-6,13H,3-4,7-12H2,1-2H3,(H,22,23). The van der Waals surface area contributed by atoms with Crippen molar-refractivity contribution in [1.29, 1.82) is 0 Å². The first-order chi connectivity index (χ1) is 13.0. The molecule has 0 aliphatic carbocycles. The molecule has 2 aliphatic rings. The number of likely N-dealkylation sites (N-methyl/N-ethyl adjacent to an activating group) is 1. The third kappa shape index (κ3) is 4.99. The second kappa shape index (κ2) is 9.01. The minimum Gasteiger partial charge on any atom is -0.376 e. The molecular weight excluding hydrogens is 415 g/mol. The fraction of sp³-hybridized carbons (Fsp3) is 0.579. The van der Waals surface area contributed by atoms with E-state index in [1.165, 1.54) is 11.0 Å². The summed E-state index contributed by atoms with van der Waals surface area (Å²) in [7, 11) is 3.42. The Hall–Kier alpha value is -1.67. The molecule has 0 saturated carbocycles. The van der Waals surface area contributed by atoms with Gasteiger partial charge in [-0.25, -0.2) is 9.38 Å². The molecule has 1 fully saturated rings. The second-order valence-corrected chi connectivity index (χ2v) is 7.96. The molecule has 3 rings (SSSR count). The molecule has 1 amide bonds. The number of hydrogen-bond donors (Lipinski definition) is 1. The molecule has 0 aromatic heterocycles. The van der Waals surface area contributed by atoms with E-state index in [2.05, 4.69) is 26.2 Å². The lowest BCUT2D eigenvalue weighted by molar-refractivity contribution is -0.127. The van der Waals surface area contributed by atoms with Crippen LogP contribution >= 0.6 is 15.9 Å². The van der Waals surface area contributed by atoms with E-state index in [1.807, 2.05) is 4.90 Å². The Bertz CT molecular complexity index is 720. The summed E-state index contributed by atoms with van der Waals surface area (Å²) < 4.78 is 21.0. The summed E-state index contributed by atoms with van der Waals surface area (Å²) >= 11 is 3.52. The van der Waals surface area contributed by atoms with E-state index in [0.29, 0.717) is 31.2 Å². The molecule has 1 N–H and O–H groups in total. The van der Waals surface area contributed by atoms with Crippen LogP contribution in [0.25, 0.3) is 0 Å². The largest absolute Gasteiger partial charge is 0.376 e. The Balaban J connectivity index is 1.75. The van der Waals surface area contributed by atoms with E-state index < -0.39 is 0 Å². The van der Waals surface area contributed by atoms with Gasteiger partial charge in [0.1, 0.15) is 12.4 Å². The number of guanidine groups is 1. The van der Waals surface area contributed by atoms with Crippen molar-refractivity contribution < 1.29 is 13.9 Å². The summed E-state index contributed by atoms with van der Waals surface area (Å²) in [6.45, 7) is 2.62. The highest BCUT2D eigenvalue weighted by atomic mass is 79.9. The van der Waals surface area contributed by atoms with Crippen molar-refractivity contribution in [2.24, 2.45) is 4.99 Å². The van der Waals surface area contributed by atoms with Crippen molar-refractivity contribution in [3.63, 3.8) is 0 Å². The van der Waals surface area contributed by atoms with Gasteiger partial charge in [0.25, 0.3) is 0 Å². The number of halogens is 2. The first kappa shape index (κ1) is 20.1. The van der Waals surface area contributed by atoms with Gasteiger partial charge in [-0.05, 0) is 37.0 Å². The van der Waals surface area contributed by atoms with Crippen LogP contribution in [0.1, 0.15) is 24.0 Å². The maximum absolute atomic E-state index is 14.4. The van der Waals surface area contributed by atoms with E-state index in [0.717, 1.165) is 35.9 Å². The van der Waals surface area contributed by atoms with Crippen LogP contribution in [-0.4, -0.2) is 68.1 Å². The number of nitrogens with one attached hydrogen (secondary N) is 1. The Labute approximate surface area is 167 Å². The molecule has 0 radical (unpaired) electrons. The van der Waals surface area contributed by atoms with E-state index in [-0.39, 0.29) is 24.4 Å². The van der Waals surface area contributed by atoms with Crippen LogP contribution in [0, 0.1) is 5.82 Å². The van der Waals surface area contributed by atoms with Gasteiger partial charge in [-0.3, -0.25) is 4.79 Å². The fourth-order valence-corrected chi connectivity index (χ4v) is 3.91. The highest BCUT2D eigenvalue weighted by Crippen LogP contribution is 2.28. The molecule has 27 heavy (non-hydrogen) atoms. The van der Waals surface area contributed by atoms with Gasteiger partial charge in [-0.15, -0.1) is 0 Å². The first-order valence-electron chi connectivity index (χ1n) is 9.26. The molecule has 8 heteroatoms. The highest BCUT2D eigenvalue weighted by molar-refractivity contribution is 9.10. The van der Waals surface area contributed by atoms with Gasteiger partial charge in [0.15, 0.2) is 5.96 Å². The number of rotatable bonds is 4. The predicted molar refractivity (Wildman–Crippen MR) is 106 cm³/mol. The minimum atomic E-state index is -0.208. The summed E-state index contributed by atoms with van der Waals surface area (Å²) in [4.78, 5) is 20.0. The van der Waals surface area contributed by atoms with Crippen molar-refractivity contribution >= 4 is 27.8 Å². The van der Waals surface area contributed by atoms with Gasteiger partial charge in [0.2, 0.25) is 5.91 Å². The number of carbonyl (C=O) groups excluding carboxylic acids is 1. The summed E-state index contributed by atoms with van der Waals surface area (Å²) in [6.07, 6.45) is 2.95. The number of nitrogens with zero attached hydrogens (tertiary/aromatic N) is 3.